The van der Waals surface area contributed by atoms with Gasteiger partial charge in [-0.2, -0.15) is 0 Å². The van der Waals surface area contributed by atoms with Gasteiger partial charge in [-0.15, -0.1) is 0 Å². The van der Waals surface area contributed by atoms with E-state index in [2.05, 4.69) is 0 Å². The molecule has 0 saturated carbocycles. The number of hydrogen-bond donors (Lipinski definition) is 4. The van der Waals surface area contributed by atoms with Crippen molar-refractivity contribution in [2.24, 2.45) is 0 Å². The maximum absolute atomic E-state index is 11.5. The minimum atomic E-state index is 0.156. The summed E-state index contributed by atoms with van der Waals surface area (Å²) >= 11 is 0. The summed E-state index contributed by atoms with van der Waals surface area (Å²) in [5, 5.41) is 44.4. The zero-order chi connectivity index (χ0) is 23.8. The lowest BCUT2D eigenvalue weighted by Crippen LogP contribution is -2.01. The topological polar surface area (TPSA) is 90.2 Å². The Hall–Kier alpha value is -4.38. The van der Waals surface area contributed by atoms with E-state index in [0.29, 0.717) is 24.2 Å². The zero-order valence-corrected chi connectivity index (χ0v) is 18.6. The number of ether oxygens (including phenoxy) is 1. The third-order valence-electron chi connectivity index (χ3n) is 6.24. The maximum atomic E-state index is 11.5. The zero-order valence-electron chi connectivity index (χ0n) is 18.6. The molecule has 5 rings (SSSR count). The second kappa shape index (κ2) is 8.52. The summed E-state index contributed by atoms with van der Waals surface area (Å²) in [6.45, 7) is 0. The van der Waals surface area contributed by atoms with Gasteiger partial charge in [0.1, 0.15) is 28.7 Å². The van der Waals surface area contributed by atoms with E-state index >= 15 is 0 Å². The third-order valence-corrected chi connectivity index (χ3v) is 6.24. The maximum Gasteiger partial charge on any atom is 0.134 e. The highest BCUT2D eigenvalue weighted by molar-refractivity contribution is 6.13. The van der Waals surface area contributed by atoms with Crippen LogP contribution in [0.1, 0.15) is 22.3 Å². The molecule has 0 aromatic heterocycles. The van der Waals surface area contributed by atoms with Crippen LogP contribution in [0.15, 0.2) is 78.9 Å². The number of aromatic hydroxyl groups is 4. The summed E-state index contributed by atoms with van der Waals surface area (Å²) in [6.07, 6.45) is 0.862. The largest absolute Gasteiger partial charge is 0.508 e. The molecule has 34 heavy (non-hydrogen) atoms. The van der Waals surface area contributed by atoms with Crippen molar-refractivity contribution < 1.29 is 25.2 Å². The molecule has 5 nitrogen and oxygen atoms in total. The molecule has 0 amide bonds. The Bertz CT molecular complexity index is 1500. The van der Waals surface area contributed by atoms with Gasteiger partial charge in [-0.05, 0) is 69.8 Å². The summed E-state index contributed by atoms with van der Waals surface area (Å²) in [5.41, 5.74) is 3.26. The fourth-order valence-corrected chi connectivity index (χ4v) is 4.59. The van der Waals surface area contributed by atoms with E-state index in [1.807, 2.05) is 42.5 Å². The number of phenols is 4. The quantitative estimate of drug-likeness (QED) is 0.245. The molecular formula is C29H24O5. The van der Waals surface area contributed by atoms with E-state index in [-0.39, 0.29) is 23.0 Å². The average Bonchev–Trinajstić information content (AvgIpc) is 2.84. The molecule has 170 valence electrons. The third kappa shape index (κ3) is 3.82. The molecule has 0 atom stereocenters. The van der Waals surface area contributed by atoms with Crippen molar-refractivity contribution in [3.63, 3.8) is 0 Å². The van der Waals surface area contributed by atoms with Crippen LogP contribution in [-0.2, 0) is 12.8 Å². The second-order valence-electron chi connectivity index (χ2n) is 8.42. The molecule has 0 fully saturated rings. The number of methoxy groups -OCH3 is 1. The fourth-order valence-electron chi connectivity index (χ4n) is 4.59. The van der Waals surface area contributed by atoms with Crippen molar-refractivity contribution in [2.45, 2.75) is 12.8 Å². The predicted octanol–water partition coefficient (Wildman–Crippen LogP) is 6.01. The van der Waals surface area contributed by atoms with E-state index in [0.717, 1.165) is 38.2 Å². The van der Waals surface area contributed by atoms with Gasteiger partial charge in [0.05, 0.1) is 7.11 Å². The molecule has 0 bridgehead atoms. The Morgan fingerprint density at radius 1 is 0.588 bits per heavy atom. The molecule has 5 heteroatoms. The summed E-state index contributed by atoms with van der Waals surface area (Å²) in [6, 6.07) is 22.9. The molecule has 0 aliphatic heterocycles. The van der Waals surface area contributed by atoms with Crippen molar-refractivity contribution in [3.8, 4) is 28.7 Å². The number of hydrogen-bond acceptors (Lipinski definition) is 5. The molecule has 5 aromatic rings. The van der Waals surface area contributed by atoms with Crippen LogP contribution in [0.4, 0.5) is 0 Å². The normalized spacial score (nSPS) is 11.2. The molecule has 0 spiro atoms. The van der Waals surface area contributed by atoms with Gasteiger partial charge in [0.25, 0.3) is 0 Å². The van der Waals surface area contributed by atoms with Crippen molar-refractivity contribution >= 4 is 21.5 Å². The summed E-state index contributed by atoms with van der Waals surface area (Å²) in [5.74, 6) is 1.27. The van der Waals surface area contributed by atoms with Crippen molar-refractivity contribution in [1.29, 1.82) is 0 Å². The molecule has 5 aromatic carbocycles. The summed E-state index contributed by atoms with van der Waals surface area (Å²) in [7, 11) is 1.59. The number of benzene rings is 5. The molecule has 0 unspecified atom stereocenters. The van der Waals surface area contributed by atoms with Crippen LogP contribution in [0.25, 0.3) is 21.5 Å². The van der Waals surface area contributed by atoms with E-state index < -0.39 is 0 Å². The lowest BCUT2D eigenvalue weighted by atomic mass is 9.89. The molecule has 0 aliphatic carbocycles. The minimum Gasteiger partial charge on any atom is -0.508 e. The summed E-state index contributed by atoms with van der Waals surface area (Å²) in [4.78, 5) is 0. The monoisotopic (exact) mass is 452 g/mol. The van der Waals surface area contributed by atoms with Gasteiger partial charge < -0.3 is 25.2 Å². The van der Waals surface area contributed by atoms with Crippen LogP contribution in [0.5, 0.6) is 28.7 Å². The molecular weight excluding hydrogens is 428 g/mol. The molecule has 0 saturated heterocycles. The standard InChI is InChI=1S/C29H24O5/c1-34-29-26(15-18-4-9-21(31)10-5-18)28(33)25(14-17-2-7-20(30)8-3-17)24-12-6-19-16-22(32)11-13-23(19)27(24)29/h2-13,16,30-33H,14-15H2,1H3. The van der Waals surface area contributed by atoms with Crippen LogP contribution in [0.3, 0.4) is 0 Å². The highest BCUT2D eigenvalue weighted by Crippen LogP contribution is 2.45. The average molecular weight is 453 g/mol. The van der Waals surface area contributed by atoms with Gasteiger partial charge in [-0.3, -0.25) is 0 Å². The van der Waals surface area contributed by atoms with E-state index in [4.69, 9.17) is 4.74 Å². The van der Waals surface area contributed by atoms with Crippen molar-refractivity contribution in [1.82, 2.24) is 0 Å². The van der Waals surface area contributed by atoms with Gasteiger partial charge in [-0.25, -0.2) is 0 Å². The molecule has 0 heterocycles. The molecule has 4 N–H and O–H groups in total. The smallest absolute Gasteiger partial charge is 0.134 e. The number of rotatable bonds is 5. The molecule has 0 radical (unpaired) electrons. The first-order chi connectivity index (χ1) is 16.4. The lowest BCUT2D eigenvalue weighted by Gasteiger charge is -2.20. The van der Waals surface area contributed by atoms with Crippen LogP contribution in [-0.4, -0.2) is 27.5 Å². The van der Waals surface area contributed by atoms with Crippen LogP contribution < -0.4 is 4.74 Å². The highest BCUT2D eigenvalue weighted by Gasteiger charge is 2.22. The Morgan fingerprint density at radius 3 is 1.71 bits per heavy atom. The highest BCUT2D eigenvalue weighted by atomic mass is 16.5. The van der Waals surface area contributed by atoms with Gasteiger partial charge >= 0.3 is 0 Å². The second-order valence-corrected chi connectivity index (χ2v) is 8.42. The van der Waals surface area contributed by atoms with Gasteiger partial charge in [0.15, 0.2) is 0 Å². The lowest BCUT2D eigenvalue weighted by molar-refractivity contribution is 0.405. The van der Waals surface area contributed by atoms with Gasteiger partial charge in [0.2, 0.25) is 0 Å². The van der Waals surface area contributed by atoms with E-state index in [9.17, 15) is 20.4 Å². The first kappa shape index (κ1) is 21.5. The Labute approximate surface area is 196 Å². The van der Waals surface area contributed by atoms with Crippen LogP contribution in [0, 0.1) is 0 Å². The minimum absolute atomic E-state index is 0.156. The predicted molar refractivity (Wildman–Crippen MR) is 133 cm³/mol. The van der Waals surface area contributed by atoms with E-state index in [1.165, 1.54) is 0 Å². The molecule has 0 aliphatic rings. The Balaban J connectivity index is 1.81. The SMILES string of the molecule is COc1c(Cc2ccc(O)cc2)c(O)c(Cc2ccc(O)cc2)c2ccc3cc(O)ccc3c12. The Morgan fingerprint density at radius 2 is 1.12 bits per heavy atom. The van der Waals surface area contributed by atoms with Gasteiger partial charge in [0, 0.05) is 29.4 Å². The van der Waals surface area contributed by atoms with Gasteiger partial charge in [-0.1, -0.05) is 36.4 Å². The first-order valence-corrected chi connectivity index (χ1v) is 11.0. The van der Waals surface area contributed by atoms with Crippen LogP contribution in [0.2, 0.25) is 0 Å². The van der Waals surface area contributed by atoms with Crippen molar-refractivity contribution in [2.75, 3.05) is 7.11 Å². The van der Waals surface area contributed by atoms with Crippen LogP contribution >= 0.6 is 0 Å². The fraction of sp³-hybridized carbons (Fsp3) is 0.103. The summed E-state index contributed by atoms with van der Waals surface area (Å²) < 4.78 is 5.89. The van der Waals surface area contributed by atoms with Crippen molar-refractivity contribution in [3.05, 3.63) is 101 Å². The number of phenolic OH excluding ortho intramolecular Hbond substituents is 4. The Kier molecular flexibility index (Phi) is 5.38. The first-order valence-electron chi connectivity index (χ1n) is 11.0. The van der Waals surface area contributed by atoms with E-state index in [1.54, 1.807) is 43.5 Å². The number of fused-ring (bicyclic) bond motifs is 3.